The molecule has 0 aromatic carbocycles. The Bertz CT molecular complexity index is 404. The Kier molecular flexibility index (Phi) is 47.0. The topological polar surface area (TPSA) is 148 Å². The molecular formula is C32H73BN2O7. The van der Waals surface area contributed by atoms with Crippen molar-refractivity contribution in [3.05, 3.63) is 0 Å². The van der Waals surface area contributed by atoms with E-state index in [9.17, 15) is 0 Å². The van der Waals surface area contributed by atoms with Crippen molar-refractivity contribution in [1.29, 1.82) is 0 Å². The van der Waals surface area contributed by atoms with Crippen LogP contribution in [-0.2, 0) is 0 Å². The van der Waals surface area contributed by atoms with Gasteiger partial charge in [-0.25, -0.2) is 0 Å². The molecular weight excluding hydrogens is 535 g/mol. The van der Waals surface area contributed by atoms with Crippen LogP contribution in [0.25, 0.3) is 0 Å². The van der Waals surface area contributed by atoms with E-state index in [4.69, 9.17) is 35.5 Å². The van der Waals surface area contributed by atoms with Gasteiger partial charge < -0.3 is 35.5 Å². The fourth-order valence-electron chi connectivity index (χ4n) is 4.88. The van der Waals surface area contributed by atoms with Crippen LogP contribution in [0.4, 0.5) is 0 Å². The summed E-state index contributed by atoms with van der Waals surface area (Å²) in [4.78, 5) is 4.29. The van der Waals surface area contributed by atoms with Gasteiger partial charge in [0.1, 0.15) is 0 Å². The summed E-state index contributed by atoms with van der Waals surface area (Å²) in [6.45, 7) is 10.1. The monoisotopic (exact) mass is 609 g/mol. The molecule has 0 bridgehead atoms. The number of rotatable bonds is 30. The molecule has 0 rings (SSSR count). The molecule has 0 saturated carbocycles. The number of hydrogen-bond donors (Lipinski definition) is 7. The minimum absolute atomic E-state index is 0.192. The lowest BCUT2D eigenvalue weighted by Gasteiger charge is -2.19. The molecule has 0 heterocycles. The van der Waals surface area contributed by atoms with Gasteiger partial charge in [0, 0.05) is 26.2 Å². The molecule has 9 nitrogen and oxygen atoms in total. The summed E-state index contributed by atoms with van der Waals surface area (Å²) < 4.78 is 0. The van der Waals surface area contributed by atoms with Crippen LogP contribution in [0.5, 0.6) is 0 Å². The lowest BCUT2D eigenvalue weighted by Crippen LogP contribution is -2.30. The van der Waals surface area contributed by atoms with Crippen molar-refractivity contribution >= 4 is 7.32 Å². The maximum Gasteiger partial charge on any atom is 0.631 e. The van der Waals surface area contributed by atoms with Crippen molar-refractivity contribution in [2.24, 2.45) is 0 Å². The van der Waals surface area contributed by atoms with E-state index in [0.29, 0.717) is 26.2 Å². The van der Waals surface area contributed by atoms with E-state index in [1.54, 1.807) is 0 Å². The third-order valence-corrected chi connectivity index (χ3v) is 7.32. The van der Waals surface area contributed by atoms with Crippen LogP contribution in [0.1, 0.15) is 142 Å². The molecule has 0 aliphatic carbocycles. The summed E-state index contributed by atoms with van der Waals surface area (Å²) in [5, 5.41) is 57.1. The highest BCUT2D eigenvalue weighted by atomic mass is 16.5. The van der Waals surface area contributed by atoms with E-state index < -0.39 is 7.32 Å². The Labute approximate surface area is 260 Å². The fourth-order valence-corrected chi connectivity index (χ4v) is 4.88. The molecule has 0 aliphatic heterocycles. The summed E-state index contributed by atoms with van der Waals surface area (Å²) in [6, 6.07) is 0. The summed E-state index contributed by atoms with van der Waals surface area (Å²) in [6.07, 6.45) is 27.0. The van der Waals surface area contributed by atoms with E-state index in [2.05, 4.69) is 23.6 Å². The Morgan fingerprint density at radius 3 is 0.714 bits per heavy atom. The molecule has 256 valence electrons. The van der Waals surface area contributed by atoms with Gasteiger partial charge >= 0.3 is 7.32 Å². The lowest BCUT2D eigenvalue weighted by atomic mass is 10.1. The maximum atomic E-state index is 8.90. The predicted molar refractivity (Wildman–Crippen MR) is 177 cm³/mol. The number of unbranched alkanes of at least 4 members (excludes halogenated alkanes) is 18. The van der Waals surface area contributed by atoms with Gasteiger partial charge in [0.2, 0.25) is 0 Å². The molecule has 0 aromatic rings. The van der Waals surface area contributed by atoms with Crippen LogP contribution < -0.4 is 0 Å². The molecule has 0 atom stereocenters. The number of hydrogen-bond acceptors (Lipinski definition) is 9. The molecule has 0 radical (unpaired) electrons. The van der Waals surface area contributed by atoms with Gasteiger partial charge in [0.15, 0.2) is 0 Å². The van der Waals surface area contributed by atoms with Crippen LogP contribution in [0.15, 0.2) is 0 Å². The Hall–Kier alpha value is -0.295. The first-order valence-corrected chi connectivity index (χ1v) is 17.4. The first-order chi connectivity index (χ1) is 20.4. The van der Waals surface area contributed by atoms with E-state index in [1.165, 1.54) is 128 Å². The first kappa shape index (κ1) is 46.1. The average Bonchev–Trinajstić information content (AvgIpc) is 2.95. The zero-order valence-corrected chi connectivity index (χ0v) is 27.8. The molecule has 0 amide bonds. The van der Waals surface area contributed by atoms with Gasteiger partial charge in [0.25, 0.3) is 0 Å². The van der Waals surface area contributed by atoms with Crippen LogP contribution in [0.2, 0.25) is 0 Å². The molecule has 0 unspecified atom stereocenters. The van der Waals surface area contributed by atoms with Crippen molar-refractivity contribution in [2.45, 2.75) is 142 Å². The summed E-state index contributed by atoms with van der Waals surface area (Å²) in [5.41, 5.74) is 0. The molecule has 0 saturated heterocycles. The Morgan fingerprint density at radius 2 is 0.524 bits per heavy atom. The molecule has 10 heteroatoms. The molecule has 0 aromatic heterocycles. The molecule has 42 heavy (non-hydrogen) atoms. The quantitative estimate of drug-likeness (QED) is 0.0467. The minimum Gasteiger partial charge on any atom is -0.402 e. The van der Waals surface area contributed by atoms with Gasteiger partial charge in [-0.05, 0) is 25.9 Å². The second kappa shape index (κ2) is 42.8. The second-order valence-corrected chi connectivity index (χ2v) is 11.3. The van der Waals surface area contributed by atoms with Gasteiger partial charge in [-0.3, -0.25) is 9.80 Å². The molecule has 0 fully saturated rings. The first-order valence-electron chi connectivity index (χ1n) is 17.4. The Balaban J connectivity index is -0.000000641. The number of nitrogens with zero attached hydrogens (tertiary/aromatic N) is 2. The number of aliphatic hydroxyl groups is 4. The normalized spacial score (nSPS) is 10.9. The van der Waals surface area contributed by atoms with Crippen LogP contribution in [-0.4, -0.2) is 118 Å². The Morgan fingerprint density at radius 1 is 0.333 bits per heavy atom. The van der Waals surface area contributed by atoms with Crippen molar-refractivity contribution in [3.8, 4) is 0 Å². The average molecular weight is 609 g/mol. The zero-order chi connectivity index (χ0) is 31.9. The third-order valence-electron chi connectivity index (χ3n) is 7.32. The van der Waals surface area contributed by atoms with E-state index in [1.807, 2.05) is 0 Å². The highest BCUT2D eigenvalue weighted by molar-refractivity contribution is 6.30. The van der Waals surface area contributed by atoms with Crippen LogP contribution in [0, 0.1) is 0 Å². The third kappa shape index (κ3) is 46.7. The minimum atomic E-state index is -2.17. The second-order valence-electron chi connectivity index (χ2n) is 11.3. The van der Waals surface area contributed by atoms with Gasteiger partial charge in [-0.15, -0.1) is 0 Å². The largest absolute Gasteiger partial charge is 0.631 e. The summed E-state index contributed by atoms with van der Waals surface area (Å²) >= 11 is 0. The predicted octanol–water partition coefficient (Wildman–Crippen LogP) is 4.34. The molecule has 0 spiro atoms. The van der Waals surface area contributed by atoms with Gasteiger partial charge in [-0.1, -0.05) is 129 Å². The van der Waals surface area contributed by atoms with E-state index in [-0.39, 0.29) is 26.4 Å². The van der Waals surface area contributed by atoms with E-state index >= 15 is 0 Å². The van der Waals surface area contributed by atoms with Crippen molar-refractivity contribution in [2.75, 3.05) is 65.7 Å². The maximum absolute atomic E-state index is 8.90. The van der Waals surface area contributed by atoms with Crippen molar-refractivity contribution in [1.82, 2.24) is 9.80 Å². The smallest absolute Gasteiger partial charge is 0.402 e. The lowest BCUT2D eigenvalue weighted by molar-refractivity contribution is 0.158. The van der Waals surface area contributed by atoms with Crippen molar-refractivity contribution in [3.63, 3.8) is 0 Å². The standard InChI is InChI=1S/2C16H35NO2.BH3O3/c2*1-2-3-4-5-6-7-8-9-10-11-12-17(13-15-18)14-16-19;2-1(3)4/h2*18-19H,2-16H2,1H3;2-4H. The van der Waals surface area contributed by atoms with Crippen molar-refractivity contribution < 1.29 is 35.5 Å². The SMILES string of the molecule is CCCCCCCCCCCCN(CCO)CCO.CCCCCCCCCCCCN(CCO)CCO.OB(O)O. The highest BCUT2D eigenvalue weighted by Crippen LogP contribution is 2.12. The summed E-state index contributed by atoms with van der Waals surface area (Å²) in [7, 11) is -2.17. The zero-order valence-electron chi connectivity index (χ0n) is 27.8. The van der Waals surface area contributed by atoms with E-state index in [0.717, 1.165) is 13.1 Å². The van der Waals surface area contributed by atoms with Gasteiger partial charge in [0.05, 0.1) is 26.4 Å². The summed E-state index contributed by atoms with van der Waals surface area (Å²) in [5.74, 6) is 0. The highest BCUT2D eigenvalue weighted by Gasteiger charge is 2.03. The molecule has 0 aliphatic rings. The molecule has 7 N–H and O–H groups in total. The van der Waals surface area contributed by atoms with Gasteiger partial charge in [-0.2, -0.15) is 0 Å². The fraction of sp³-hybridized carbons (Fsp3) is 1.00. The number of aliphatic hydroxyl groups excluding tert-OH is 4. The van der Waals surface area contributed by atoms with Crippen LogP contribution >= 0.6 is 0 Å². The van der Waals surface area contributed by atoms with Crippen LogP contribution in [0.3, 0.4) is 0 Å².